The summed E-state index contributed by atoms with van der Waals surface area (Å²) in [5, 5.41) is 2.75. The van der Waals surface area contributed by atoms with E-state index in [1.54, 1.807) is 32.1 Å². The maximum absolute atomic E-state index is 2.46. The first-order valence-corrected chi connectivity index (χ1v) is 30.2. The Balaban J connectivity index is -0.000000397. The zero-order chi connectivity index (χ0) is 56.5. The largest absolute Gasteiger partial charge is 0.0776 e. The summed E-state index contributed by atoms with van der Waals surface area (Å²) in [5.41, 5.74) is 13.5. The molecule has 3 fully saturated rings. The van der Waals surface area contributed by atoms with E-state index in [4.69, 9.17) is 0 Å². The second kappa shape index (κ2) is 46.7. The molecule has 3 aliphatic rings. The first-order valence-electron chi connectivity index (χ1n) is 30.2. The van der Waals surface area contributed by atoms with Crippen LogP contribution in [0.25, 0.3) is 10.8 Å². The Hall–Kier alpha value is -4.42. The first kappa shape index (κ1) is 78.1. The van der Waals surface area contributed by atoms with E-state index in [9.17, 15) is 0 Å². The van der Waals surface area contributed by atoms with Crippen LogP contribution in [-0.4, -0.2) is 0 Å². The van der Waals surface area contributed by atoms with Crippen LogP contribution < -0.4 is 0 Å². The smallest absolute Gasteiger partial charge is 0.00258 e. The molecule has 0 amide bonds. The average molecular weight is 1040 g/mol. The average Bonchev–Trinajstić information content (AvgIpc) is 4.09. The highest BCUT2D eigenvalue weighted by Crippen LogP contribution is 2.50. The van der Waals surface area contributed by atoms with Gasteiger partial charge in [-0.25, -0.2) is 0 Å². The van der Waals surface area contributed by atoms with Gasteiger partial charge in [-0.05, 0) is 152 Å². The van der Waals surface area contributed by atoms with Crippen LogP contribution in [0.15, 0.2) is 140 Å². The summed E-state index contributed by atoms with van der Waals surface area (Å²) in [5.74, 6) is 3.27. The van der Waals surface area contributed by atoms with Crippen LogP contribution >= 0.6 is 0 Å². The zero-order valence-electron chi connectivity index (χ0n) is 52.7. The normalized spacial score (nSPS) is 17.3. The van der Waals surface area contributed by atoms with E-state index >= 15 is 0 Å². The molecule has 0 aromatic heterocycles. The highest BCUT2D eigenvalue weighted by atomic mass is 14.4. The molecular weight excluding hydrogens is 913 g/mol. The molecule has 0 spiro atoms. The third-order valence-corrected chi connectivity index (χ3v) is 13.9. The van der Waals surface area contributed by atoms with E-state index < -0.39 is 0 Å². The molecule has 0 nitrogen and oxygen atoms in total. The lowest BCUT2D eigenvalue weighted by Crippen LogP contribution is -2.34. The van der Waals surface area contributed by atoms with Crippen LogP contribution in [0.5, 0.6) is 0 Å². The third-order valence-electron chi connectivity index (χ3n) is 13.9. The highest BCUT2D eigenvalue weighted by molar-refractivity contribution is 5.88. The minimum atomic E-state index is 0. The molecule has 0 saturated heterocycles. The van der Waals surface area contributed by atoms with E-state index in [0.29, 0.717) is 10.8 Å². The van der Waals surface area contributed by atoms with Crippen molar-refractivity contribution in [2.45, 2.75) is 251 Å². The molecule has 9 rings (SSSR count). The molecule has 3 aliphatic carbocycles. The standard InChI is InChI=1S/C15H16.C12H12.C12H24.C10H14.C7H12.C7H8.C3H8.4C2H6.2CH4/c1-12-3-7-14(8-4-12)11-15-9-5-13(2)6-10-15;1-9-5-3-8-12-10(2)6-4-7-11(9)12;1-6-12(5)8-10(2)7-11(3,4)9-12;1-3-9-6-5-7-10(4-2)8-9;1-2-7-4-3-6(1)5-7;1-7-5-3-2-4-6-7;1-3-2;4*1-2;;/h3-10H,11H2,1-2H3;3-8H,1-2H3;10H,6-9H2,1-5H3;5-8H,3-4H2,1-2H3;6-7H,1-5H2;2-6H,1H3;3H2,1-2H3;4*1-2H3;2*1H4. The summed E-state index contributed by atoms with van der Waals surface area (Å²) in [6, 6.07) is 49.4. The molecule has 2 bridgehead atoms. The molecule has 0 aliphatic heterocycles. The Bertz CT molecular complexity index is 2060. The second-order valence-electron chi connectivity index (χ2n) is 21.4. The van der Waals surface area contributed by atoms with Gasteiger partial charge in [-0.3, -0.25) is 0 Å². The van der Waals surface area contributed by atoms with Crippen molar-refractivity contribution in [3.8, 4) is 0 Å². The molecule has 430 valence electrons. The van der Waals surface area contributed by atoms with Crippen molar-refractivity contribution in [2.75, 3.05) is 0 Å². The first-order chi connectivity index (χ1) is 35.5. The fourth-order valence-corrected chi connectivity index (χ4v) is 10.5. The Morgan fingerprint density at radius 2 is 0.776 bits per heavy atom. The van der Waals surface area contributed by atoms with Gasteiger partial charge in [0.1, 0.15) is 0 Å². The van der Waals surface area contributed by atoms with Gasteiger partial charge in [-0.2, -0.15) is 0 Å². The van der Waals surface area contributed by atoms with Crippen LogP contribution in [0.2, 0.25) is 0 Å². The predicted molar refractivity (Wildman–Crippen MR) is 355 cm³/mol. The fourth-order valence-electron chi connectivity index (χ4n) is 10.5. The Labute approximate surface area is 477 Å². The maximum Gasteiger partial charge on any atom is -0.00258 e. The van der Waals surface area contributed by atoms with E-state index in [2.05, 4.69) is 218 Å². The SMILES string of the molecule is C.C.C1CC2CCC1C2.CC.CC.CC.CC.CCC.CCC1(C)CC(C)CC(C)(C)C1.CCc1cccc(CC)c1.Cc1ccc(Cc2ccc(C)cc2)cc1.Cc1cccc2c(C)cccc12.Cc1ccccc1. The summed E-state index contributed by atoms with van der Waals surface area (Å²) >= 11 is 0. The molecule has 0 heteroatoms. The molecule has 0 radical (unpaired) electrons. The lowest BCUT2D eigenvalue weighted by molar-refractivity contribution is 0.0581. The van der Waals surface area contributed by atoms with Crippen LogP contribution in [-0.2, 0) is 19.3 Å². The highest BCUT2D eigenvalue weighted by Gasteiger charge is 2.38. The van der Waals surface area contributed by atoms with E-state index in [1.165, 1.54) is 105 Å². The van der Waals surface area contributed by atoms with Crippen molar-refractivity contribution >= 4 is 10.8 Å². The van der Waals surface area contributed by atoms with Crippen molar-refractivity contribution in [3.05, 3.63) is 190 Å². The summed E-state index contributed by atoms with van der Waals surface area (Å²) in [4.78, 5) is 0. The van der Waals surface area contributed by atoms with Crippen LogP contribution in [0.1, 0.15) is 247 Å². The molecule has 6 aromatic rings. The summed E-state index contributed by atoms with van der Waals surface area (Å²) < 4.78 is 0. The summed E-state index contributed by atoms with van der Waals surface area (Å²) in [7, 11) is 0. The van der Waals surface area contributed by atoms with Gasteiger partial charge in [0.05, 0.1) is 0 Å². The minimum absolute atomic E-state index is 0. The Kier molecular flexibility index (Phi) is 47.9. The lowest BCUT2D eigenvalue weighted by atomic mass is 9.60. The number of rotatable bonds is 5. The Morgan fingerprint density at radius 1 is 0.421 bits per heavy atom. The van der Waals surface area contributed by atoms with Crippen molar-refractivity contribution in [1.82, 2.24) is 0 Å². The summed E-state index contributed by atoms with van der Waals surface area (Å²) in [6.07, 6.45) is 18.0. The van der Waals surface area contributed by atoms with E-state index in [-0.39, 0.29) is 14.9 Å². The number of hydrogen-bond acceptors (Lipinski definition) is 0. The van der Waals surface area contributed by atoms with Crippen LogP contribution in [0.4, 0.5) is 0 Å². The Morgan fingerprint density at radius 3 is 1.07 bits per heavy atom. The molecule has 0 heterocycles. The van der Waals surface area contributed by atoms with Gasteiger partial charge in [0.2, 0.25) is 0 Å². The molecule has 6 aromatic carbocycles. The van der Waals surface area contributed by atoms with Crippen LogP contribution in [0.3, 0.4) is 0 Å². The third kappa shape index (κ3) is 33.7. The van der Waals surface area contributed by atoms with Gasteiger partial charge >= 0.3 is 0 Å². The van der Waals surface area contributed by atoms with Crippen molar-refractivity contribution in [1.29, 1.82) is 0 Å². The zero-order valence-corrected chi connectivity index (χ0v) is 52.7. The van der Waals surface area contributed by atoms with Crippen molar-refractivity contribution < 1.29 is 0 Å². The number of aryl methyl sites for hydroxylation is 7. The quantitative estimate of drug-likeness (QED) is 0.161. The lowest BCUT2D eigenvalue weighted by Gasteiger charge is -2.45. The van der Waals surface area contributed by atoms with Gasteiger partial charge in [0.25, 0.3) is 0 Å². The predicted octanol–water partition coefficient (Wildman–Crippen LogP) is 25.4. The fraction of sp³-hybridized carbons (Fsp3) is 0.553. The minimum Gasteiger partial charge on any atom is -0.0776 e. The van der Waals surface area contributed by atoms with Gasteiger partial charge in [-0.1, -0.05) is 327 Å². The van der Waals surface area contributed by atoms with Gasteiger partial charge in [0.15, 0.2) is 0 Å². The topological polar surface area (TPSA) is 0 Å². The molecule has 0 N–H and O–H groups in total. The van der Waals surface area contributed by atoms with Crippen LogP contribution in [0, 0.1) is 63.2 Å². The molecule has 2 unspecified atom stereocenters. The number of benzene rings is 6. The summed E-state index contributed by atoms with van der Waals surface area (Å²) in [6.45, 7) is 47.3. The van der Waals surface area contributed by atoms with Crippen molar-refractivity contribution in [3.63, 3.8) is 0 Å². The van der Waals surface area contributed by atoms with Gasteiger partial charge in [-0.15, -0.1) is 0 Å². The van der Waals surface area contributed by atoms with Crippen molar-refractivity contribution in [2.24, 2.45) is 28.6 Å². The monoisotopic (exact) mass is 1040 g/mol. The molecular formula is C76H126. The molecule has 76 heavy (non-hydrogen) atoms. The molecule has 3 saturated carbocycles. The van der Waals surface area contributed by atoms with Gasteiger partial charge < -0.3 is 0 Å². The van der Waals surface area contributed by atoms with Gasteiger partial charge in [0, 0.05) is 0 Å². The maximum atomic E-state index is 2.46. The van der Waals surface area contributed by atoms with E-state index in [1.807, 2.05) is 73.6 Å². The molecule has 2 atom stereocenters. The number of fused-ring (bicyclic) bond motifs is 3. The second-order valence-corrected chi connectivity index (χ2v) is 21.4. The van der Waals surface area contributed by atoms with E-state index in [0.717, 1.165) is 25.2 Å². The number of hydrogen-bond donors (Lipinski definition) is 0.